The first-order chi connectivity index (χ1) is 9.43. The Morgan fingerprint density at radius 1 is 1.45 bits per heavy atom. The second kappa shape index (κ2) is 7.79. The van der Waals surface area contributed by atoms with E-state index < -0.39 is 5.82 Å². The van der Waals surface area contributed by atoms with E-state index in [2.05, 4.69) is 20.7 Å². The van der Waals surface area contributed by atoms with E-state index in [1.807, 2.05) is 0 Å². The van der Waals surface area contributed by atoms with Crippen LogP contribution in [0.4, 0.5) is 4.39 Å². The number of nitrogens with zero attached hydrogens (tertiary/aromatic N) is 1. The van der Waals surface area contributed by atoms with Gasteiger partial charge in [-0.25, -0.2) is 4.39 Å². The van der Waals surface area contributed by atoms with Gasteiger partial charge in [-0.2, -0.15) is 0 Å². The molecule has 0 atom stereocenters. The maximum atomic E-state index is 13.5. The Balaban J connectivity index is 2.62. The van der Waals surface area contributed by atoms with Crippen molar-refractivity contribution in [2.24, 2.45) is 0 Å². The molecule has 0 fully saturated rings. The molecule has 4 nitrogen and oxygen atoms in total. The van der Waals surface area contributed by atoms with Crippen molar-refractivity contribution in [3.05, 3.63) is 40.1 Å². The normalized spacial score (nSPS) is 10.6. The van der Waals surface area contributed by atoms with Gasteiger partial charge in [-0.3, -0.25) is 9.59 Å². The minimum Gasteiger partial charge on any atom is -0.469 e. The molecule has 0 saturated heterocycles. The number of halogens is 2. The molecule has 0 aliphatic carbocycles. The van der Waals surface area contributed by atoms with Crippen molar-refractivity contribution in [1.82, 2.24) is 4.90 Å². The highest BCUT2D eigenvalue weighted by Crippen LogP contribution is 2.16. The third kappa shape index (κ3) is 5.13. The number of amides is 1. The quantitative estimate of drug-likeness (QED) is 0.609. The third-order valence-electron chi connectivity index (χ3n) is 2.62. The molecule has 1 amide bonds. The van der Waals surface area contributed by atoms with Crippen molar-refractivity contribution in [2.75, 3.05) is 20.7 Å². The Hall–Kier alpha value is -1.69. The number of carbonyl (C=O) groups is 2. The summed E-state index contributed by atoms with van der Waals surface area (Å²) in [5, 5.41) is 0. The fourth-order valence-electron chi connectivity index (χ4n) is 1.40. The molecule has 20 heavy (non-hydrogen) atoms. The SMILES string of the molecule is COC(=O)CCN(C)C(=O)C=Cc1cc(Br)ccc1F. The predicted octanol–water partition coefficient (Wildman–Crippen LogP) is 2.62. The van der Waals surface area contributed by atoms with E-state index >= 15 is 0 Å². The van der Waals surface area contributed by atoms with Gasteiger partial charge in [0.05, 0.1) is 13.5 Å². The number of hydrogen-bond donors (Lipinski definition) is 0. The van der Waals surface area contributed by atoms with Gasteiger partial charge >= 0.3 is 5.97 Å². The smallest absolute Gasteiger partial charge is 0.307 e. The fourth-order valence-corrected chi connectivity index (χ4v) is 1.78. The first-order valence-electron chi connectivity index (χ1n) is 5.89. The fraction of sp³-hybridized carbons (Fsp3) is 0.286. The van der Waals surface area contributed by atoms with E-state index in [1.165, 1.54) is 30.2 Å². The molecule has 0 unspecified atom stereocenters. The van der Waals surface area contributed by atoms with Gasteiger partial charge in [0.15, 0.2) is 0 Å². The number of rotatable bonds is 5. The van der Waals surface area contributed by atoms with E-state index in [0.29, 0.717) is 5.56 Å². The summed E-state index contributed by atoms with van der Waals surface area (Å²) in [5.74, 6) is -1.10. The highest BCUT2D eigenvalue weighted by molar-refractivity contribution is 9.10. The van der Waals surface area contributed by atoms with E-state index in [9.17, 15) is 14.0 Å². The number of likely N-dealkylation sites (N-methyl/N-ethyl adjacent to an activating group) is 1. The molecule has 6 heteroatoms. The molecule has 0 aromatic heterocycles. The number of ether oxygens (including phenoxy) is 1. The molecule has 0 aliphatic heterocycles. The lowest BCUT2D eigenvalue weighted by Crippen LogP contribution is -2.27. The zero-order chi connectivity index (χ0) is 15.1. The standard InChI is InChI=1S/C14H15BrFNO3/c1-17(8-7-14(19)20-2)13(18)6-3-10-9-11(15)4-5-12(10)16/h3-6,9H,7-8H2,1-2H3. The molecule has 0 aliphatic rings. The summed E-state index contributed by atoms with van der Waals surface area (Å²) in [6.07, 6.45) is 2.79. The Kier molecular flexibility index (Phi) is 6.38. The van der Waals surface area contributed by atoms with Crippen molar-refractivity contribution in [3.8, 4) is 0 Å². The first-order valence-corrected chi connectivity index (χ1v) is 6.68. The van der Waals surface area contributed by atoms with Crippen LogP contribution in [0.1, 0.15) is 12.0 Å². The van der Waals surface area contributed by atoms with Gasteiger partial charge < -0.3 is 9.64 Å². The zero-order valence-electron chi connectivity index (χ0n) is 11.2. The van der Waals surface area contributed by atoms with Crippen LogP contribution in [0.5, 0.6) is 0 Å². The van der Waals surface area contributed by atoms with Crippen molar-refractivity contribution in [3.63, 3.8) is 0 Å². The van der Waals surface area contributed by atoms with Gasteiger partial charge in [-0.05, 0) is 24.3 Å². The first kappa shape index (κ1) is 16.4. The Morgan fingerprint density at radius 2 is 2.15 bits per heavy atom. The largest absolute Gasteiger partial charge is 0.469 e. The van der Waals surface area contributed by atoms with Crippen LogP contribution in [-0.4, -0.2) is 37.5 Å². The minimum atomic E-state index is -0.408. The second-order valence-electron chi connectivity index (χ2n) is 4.09. The summed E-state index contributed by atoms with van der Waals surface area (Å²) in [6.45, 7) is 0.247. The highest BCUT2D eigenvalue weighted by atomic mass is 79.9. The summed E-state index contributed by atoms with van der Waals surface area (Å²) >= 11 is 3.23. The molecule has 0 N–H and O–H groups in total. The molecule has 1 rings (SSSR count). The Bertz CT molecular complexity index is 531. The average molecular weight is 344 g/mol. The van der Waals surface area contributed by atoms with Crippen LogP contribution >= 0.6 is 15.9 Å². The number of hydrogen-bond acceptors (Lipinski definition) is 3. The molecule has 0 radical (unpaired) electrons. The van der Waals surface area contributed by atoms with Gasteiger partial charge in [-0.1, -0.05) is 15.9 Å². The van der Waals surface area contributed by atoms with Crippen LogP contribution in [0.3, 0.4) is 0 Å². The van der Waals surface area contributed by atoms with E-state index in [0.717, 1.165) is 4.47 Å². The number of esters is 1. The lowest BCUT2D eigenvalue weighted by Gasteiger charge is -2.13. The molecule has 1 aromatic rings. The summed E-state index contributed by atoms with van der Waals surface area (Å²) in [5.41, 5.74) is 0.314. The van der Waals surface area contributed by atoms with Crippen LogP contribution in [-0.2, 0) is 14.3 Å². The number of methoxy groups -OCH3 is 1. The van der Waals surface area contributed by atoms with Gasteiger partial charge in [0.2, 0.25) is 5.91 Å². The molecule has 0 spiro atoms. The molecule has 0 bridgehead atoms. The monoisotopic (exact) mass is 343 g/mol. The van der Waals surface area contributed by atoms with Crippen molar-refractivity contribution in [2.45, 2.75) is 6.42 Å². The molecule has 0 heterocycles. The lowest BCUT2D eigenvalue weighted by atomic mass is 10.2. The maximum absolute atomic E-state index is 13.5. The van der Waals surface area contributed by atoms with E-state index in [1.54, 1.807) is 19.2 Å². The van der Waals surface area contributed by atoms with E-state index in [-0.39, 0.29) is 24.8 Å². The van der Waals surface area contributed by atoms with Gasteiger partial charge in [0.25, 0.3) is 0 Å². The summed E-state index contributed by atoms with van der Waals surface area (Å²) < 4.78 is 18.7. The molecular weight excluding hydrogens is 329 g/mol. The second-order valence-corrected chi connectivity index (χ2v) is 5.00. The topological polar surface area (TPSA) is 46.6 Å². The van der Waals surface area contributed by atoms with Crippen LogP contribution in [0.25, 0.3) is 6.08 Å². The van der Waals surface area contributed by atoms with Gasteiger partial charge in [0, 0.05) is 29.7 Å². The summed E-state index contributed by atoms with van der Waals surface area (Å²) in [4.78, 5) is 24.1. The van der Waals surface area contributed by atoms with Crippen molar-refractivity contribution < 1.29 is 18.7 Å². The highest BCUT2D eigenvalue weighted by Gasteiger charge is 2.08. The van der Waals surface area contributed by atoms with Crippen LogP contribution in [0, 0.1) is 5.82 Å². The predicted molar refractivity (Wildman–Crippen MR) is 77.4 cm³/mol. The van der Waals surface area contributed by atoms with Gasteiger partial charge in [-0.15, -0.1) is 0 Å². The lowest BCUT2D eigenvalue weighted by molar-refractivity contribution is -0.141. The summed E-state index contributed by atoms with van der Waals surface area (Å²) in [6, 6.07) is 4.47. The summed E-state index contributed by atoms with van der Waals surface area (Å²) in [7, 11) is 2.85. The van der Waals surface area contributed by atoms with Crippen LogP contribution in [0.15, 0.2) is 28.7 Å². The van der Waals surface area contributed by atoms with Crippen LogP contribution in [0.2, 0.25) is 0 Å². The van der Waals surface area contributed by atoms with Crippen molar-refractivity contribution >= 4 is 33.9 Å². The third-order valence-corrected chi connectivity index (χ3v) is 3.11. The van der Waals surface area contributed by atoms with E-state index in [4.69, 9.17) is 0 Å². The average Bonchev–Trinajstić information content (AvgIpc) is 2.44. The molecule has 108 valence electrons. The molecule has 1 aromatic carbocycles. The number of benzene rings is 1. The minimum absolute atomic E-state index is 0.123. The van der Waals surface area contributed by atoms with Crippen molar-refractivity contribution in [1.29, 1.82) is 0 Å². The zero-order valence-corrected chi connectivity index (χ0v) is 12.8. The van der Waals surface area contributed by atoms with Gasteiger partial charge in [0.1, 0.15) is 5.82 Å². The molecule has 0 saturated carbocycles. The Morgan fingerprint density at radius 3 is 2.80 bits per heavy atom. The van der Waals surface area contributed by atoms with Crippen LogP contribution < -0.4 is 0 Å². The maximum Gasteiger partial charge on any atom is 0.307 e. The molecular formula is C14H15BrFNO3. The Labute approximate surface area is 125 Å². The number of carbonyl (C=O) groups excluding carboxylic acids is 2.